The number of nitro groups is 1. The summed E-state index contributed by atoms with van der Waals surface area (Å²) in [5.74, 6) is -0.0162. The van der Waals surface area contributed by atoms with Crippen LogP contribution in [-0.4, -0.2) is 10.4 Å². The molecule has 0 spiro atoms. The molecule has 1 aromatic rings. The number of alkyl halides is 1. The molecule has 0 fully saturated rings. The number of hydrogen-bond donors (Lipinski definition) is 1. The van der Waals surface area contributed by atoms with Gasteiger partial charge in [-0.25, -0.2) is 0 Å². The molecule has 2 N–H and O–H groups in total. The highest BCUT2D eigenvalue weighted by molar-refractivity contribution is 6.20. The Morgan fingerprint density at radius 1 is 1.43 bits per heavy atom. The number of hydrogen-bond acceptors (Lipinski definition) is 3. The van der Waals surface area contributed by atoms with Gasteiger partial charge in [0.2, 0.25) is 0 Å². The van der Waals surface area contributed by atoms with Gasteiger partial charge in [-0.1, -0.05) is 19.1 Å². The van der Waals surface area contributed by atoms with Gasteiger partial charge in [-0.05, 0) is 5.56 Å². The summed E-state index contributed by atoms with van der Waals surface area (Å²) in [5, 5.41) is 10.4. The minimum Gasteiger partial charge on any atom is -0.315 e. The van der Waals surface area contributed by atoms with E-state index in [1.807, 2.05) is 6.92 Å². The highest BCUT2D eigenvalue weighted by Gasteiger charge is 2.13. The van der Waals surface area contributed by atoms with Crippen molar-refractivity contribution in [2.75, 3.05) is 0 Å². The predicted octanol–water partition coefficient (Wildman–Crippen LogP) is 2.22. The molecule has 0 bridgehead atoms. The summed E-state index contributed by atoms with van der Waals surface area (Å²) in [6, 6.07) is 6.24. The molecule has 1 rings (SSSR count). The lowest BCUT2D eigenvalue weighted by atomic mass is 10.0. The summed E-state index contributed by atoms with van der Waals surface area (Å²) in [4.78, 5) is 9.94. The van der Waals surface area contributed by atoms with Crippen LogP contribution in [0.4, 0.5) is 5.69 Å². The van der Waals surface area contributed by atoms with Gasteiger partial charge < -0.3 is 5.73 Å². The van der Waals surface area contributed by atoms with Gasteiger partial charge in [0.05, 0.1) is 10.4 Å². The van der Waals surface area contributed by atoms with Gasteiger partial charge in [-0.2, -0.15) is 0 Å². The van der Waals surface area contributed by atoms with E-state index < -0.39 is 10.4 Å². The first-order valence-corrected chi connectivity index (χ1v) is 4.60. The van der Waals surface area contributed by atoms with Crippen LogP contribution in [0.3, 0.4) is 0 Å². The lowest BCUT2D eigenvalue weighted by Crippen LogP contribution is -2.19. The normalized spacial score (nSPS) is 14.8. The molecular formula is C9H11ClN2O2. The number of rotatable bonds is 3. The van der Waals surface area contributed by atoms with E-state index in [0.717, 1.165) is 5.56 Å². The average molecular weight is 215 g/mol. The van der Waals surface area contributed by atoms with Gasteiger partial charge in [0.15, 0.2) is 0 Å². The molecule has 0 aromatic heterocycles. The Morgan fingerprint density at radius 2 is 1.93 bits per heavy atom. The lowest BCUT2D eigenvalue weighted by Gasteiger charge is -2.13. The number of non-ortho nitro benzene ring substituents is 1. The zero-order valence-electron chi connectivity index (χ0n) is 7.68. The zero-order valence-corrected chi connectivity index (χ0v) is 8.44. The van der Waals surface area contributed by atoms with Crippen molar-refractivity contribution in [1.29, 1.82) is 0 Å². The zero-order chi connectivity index (χ0) is 10.7. The molecule has 1 aromatic carbocycles. The molecule has 76 valence electrons. The van der Waals surface area contributed by atoms with Crippen molar-refractivity contribution in [3.63, 3.8) is 0 Å². The molecule has 2 atom stereocenters. The number of benzene rings is 1. The lowest BCUT2D eigenvalue weighted by molar-refractivity contribution is -0.384. The third-order valence-corrected chi connectivity index (χ3v) is 2.49. The van der Waals surface area contributed by atoms with Crippen molar-refractivity contribution in [1.82, 2.24) is 0 Å². The molecule has 0 radical (unpaired) electrons. The molecule has 0 saturated heterocycles. The van der Waals surface area contributed by atoms with Crippen LogP contribution in [-0.2, 0) is 0 Å². The molecule has 0 aliphatic carbocycles. The number of nitrogens with two attached hydrogens (primary N) is 1. The molecule has 2 unspecified atom stereocenters. The van der Waals surface area contributed by atoms with Gasteiger partial charge in [-0.15, -0.1) is 11.6 Å². The first kappa shape index (κ1) is 10.9. The fraction of sp³-hybridized carbons (Fsp3) is 0.333. The van der Waals surface area contributed by atoms with Gasteiger partial charge in [0.25, 0.3) is 5.69 Å². The summed E-state index contributed by atoms with van der Waals surface area (Å²) in [7, 11) is 0. The highest BCUT2D eigenvalue weighted by atomic mass is 35.5. The van der Waals surface area contributed by atoms with Crippen molar-refractivity contribution < 1.29 is 4.92 Å². The van der Waals surface area contributed by atoms with Crippen molar-refractivity contribution >= 4 is 17.3 Å². The summed E-state index contributed by atoms with van der Waals surface area (Å²) < 4.78 is 0. The average Bonchev–Trinajstić information content (AvgIpc) is 2.16. The third kappa shape index (κ3) is 2.43. The van der Waals surface area contributed by atoms with Crippen LogP contribution in [0.25, 0.3) is 0 Å². The van der Waals surface area contributed by atoms with Crippen LogP contribution in [0.15, 0.2) is 24.3 Å². The second kappa shape index (κ2) is 4.39. The summed E-state index contributed by atoms with van der Waals surface area (Å²) in [5.41, 5.74) is 6.00. The van der Waals surface area contributed by atoms with Crippen molar-refractivity contribution in [2.45, 2.75) is 18.3 Å². The second-order valence-corrected chi connectivity index (χ2v) is 3.59. The second-order valence-electron chi connectivity index (χ2n) is 3.08. The van der Waals surface area contributed by atoms with Crippen molar-refractivity contribution in [3.8, 4) is 0 Å². The fourth-order valence-corrected chi connectivity index (χ4v) is 1.23. The van der Waals surface area contributed by atoms with Crippen LogP contribution in [0.5, 0.6) is 0 Å². The maximum absolute atomic E-state index is 10.4. The van der Waals surface area contributed by atoms with Gasteiger partial charge in [0.1, 0.15) is 0 Å². The highest BCUT2D eigenvalue weighted by Crippen LogP contribution is 2.22. The molecule has 4 nitrogen and oxygen atoms in total. The first-order chi connectivity index (χ1) is 6.52. The molecular weight excluding hydrogens is 204 g/mol. The van der Waals surface area contributed by atoms with Gasteiger partial charge >= 0.3 is 0 Å². The minimum atomic E-state index is -0.476. The standard InChI is InChI=1S/C9H11ClN2O2/c1-6(9(10)11)7-2-4-8(5-3-7)12(13)14/h2-6,9H,11H2,1H3. The van der Waals surface area contributed by atoms with Crippen LogP contribution >= 0.6 is 11.6 Å². The molecule has 0 aliphatic heterocycles. The molecule has 14 heavy (non-hydrogen) atoms. The predicted molar refractivity (Wildman–Crippen MR) is 55.3 cm³/mol. The Labute approximate surface area is 86.8 Å². The Morgan fingerprint density at radius 3 is 2.29 bits per heavy atom. The Balaban J connectivity index is 2.88. The first-order valence-electron chi connectivity index (χ1n) is 4.16. The summed E-state index contributed by atoms with van der Waals surface area (Å²) in [6.45, 7) is 1.87. The van der Waals surface area contributed by atoms with E-state index in [1.54, 1.807) is 12.1 Å². The fourth-order valence-electron chi connectivity index (χ4n) is 1.08. The molecule has 0 amide bonds. The SMILES string of the molecule is CC(c1ccc([N+](=O)[O-])cc1)C(N)Cl. The quantitative estimate of drug-likeness (QED) is 0.363. The van der Waals surface area contributed by atoms with E-state index in [4.69, 9.17) is 17.3 Å². The van der Waals surface area contributed by atoms with E-state index in [0.29, 0.717) is 0 Å². The van der Waals surface area contributed by atoms with E-state index in [9.17, 15) is 10.1 Å². The van der Waals surface area contributed by atoms with Gasteiger partial charge in [-0.3, -0.25) is 10.1 Å². The molecule has 0 heterocycles. The maximum atomic E-state index is 10.4. The summed E-state index contributed by atoms with van der Waals surface area (Å²) in [6.07, 6.45) is 0. The largest absolute Gasteiger partial charge is 0.315 e. The van der Waals surface area contributed by atoms with E-state index in [2.05, 4.69) is 0 Å². The topological polar surface area (TPSA) is 69.2 Å². The Hall–Kier alpha value is -1.13. The number of halogens is 1. The molecule has 5 heteroatoms. The van der Waals surface area contributed by atoms with Crippen LogP contribution < -0.4 is 5.73 Å². The Bertz CT molecular complexity index is 324. The molecule has 0 aliphatic rings. The number of nitro benzene ring substituents is 1. The third-order valence-electron chi connectivity index (χ3n) is 2.11. The molecule has 0 saturated carbocycles. The van der Waals surface area contributed by atoms with Crippen molar-refractivity contribution in [2.24, 2.45) is 5.73 Å². The van der Waals surface area contributed by atoms with Crippen LogP contribution in [0.2, 0.25) is 0 Å². The smallest absolute Gasteiger partial charge is 0.269 e. The maximum Gasteiger partial charge on any atom is 0.269 e. The summed E-state index contributed by atoms with van der Waals surface area (Å²) >= 11 is 5.71. The monoisotopic (exact) mass is 214 g/mol. The number of nitrogens with zero attached hydrogens (tertiary/aromatic N) is 1. The van der Waals surface area contributed by atoms with E-state index in [-0.39, 0.29) is 11.6 Å². The Kier molecular flexibility index (Phi) is 3.43. The van der Waals surface area contributed by atoms with E-state index >= 15 is 0 Å². The van der Waals surface area contributed by atoms with Crippen LogP contribution in [0, 0.1) is 10.1 Å². The van der Waals surface area contributed by atoms with Crippen molar-refractivity contribution in [3.05, 3.63) is 39.9 Å². The van der Waals surface area contributed by atoms with Crippen LogP contribution in [0.1, 0.15) is 18.4 Å². The minimum absolute atomic E-state index is 0.0162. The van der Waals surface area contributed by atoms with E-state index in [1.165, 1.54) is 12.1 Å². The van der Waals surface area contributed by atoms with Gasteiger partial charge in [0, 0.05) is 18.1 Å².